The number of hydrogen-bond donors (Lipinski definition) is 1. The van der Waals surface area contributed by atoms with Gasteiger partial charge in [-0.15, -0.1) is 0 Å². The molecule has 1 saturated carbocycles. The van der Waals surface area contributed by atoms with Gasteiger partial charge in [0.25, 0.3) is 0 Å². The van der Waals surface area contributed by atoms with E-state index in [0.717, 1.165) is 50.1 Å². The van der Waals surface area contributed by atoms with Gasteiger partial charge in [0.1, 0.15) is 18.0 Å². The normalized spacial score (nSPS) is 17.7. The van der Waals surface area contributed by atoms with Crippen molar-refractivity contribution in [1.29, 1.82) is 0 Å². The van der Waals surface area contributed by atoms with Crippen molar-refractivity contribution >= 4 is 11.7 Å². The van der Waals surface area contributed by atoms with E-state index in [0.29, 0.717) is 16.6 Å². The molecule has 5 heteroatoms. The lowest BCUT2D eigenvalue weighted by molar-refractivity contribution is -0.174. The minimum atomic E-state index is -1.62. The van der Waals surface area contributed by atoms with Crippen LogP contribution in [0.3, 0.4) is 0 Å². The molecule has 0 aromatic heterocycles. The van der Waals surface area contributed by atoms with Crippen LogP contribution in [0.4, 0.5) is 5.69 Å². The Labute approximate surface area is 197 Å². The summed E-state index contributed by atoms with van der Waals surface area (Å²) in [6.45, 7) is 3.55. The summed E-state index contributed by atoms with van der Waals surface area (Å²) in [6, 6.07) is 17.2. The summed E-state index contributed by atoms with van der Waals surface area (Å²) in [7, 11) is 3.78. The number of aliphatic hydroxyl groups is 1. The first-order chi connectivity index (χ1) is 15.9. The Morgan fingerprint density at radius 3 is 2.33 bits per heavy atom. The smallest absolute Gasteiger partial charge is 0.344 e. The van der Waals surface area contributed by atoms with Crippen molar-refractivity contribution in [2.75, 3.05) is 33.9 Å². The fraction of sp³-hybridized carbons (Fsp3) is 0.464. The molecule has 2 unspecified atom stereocenters. The van der Waals surface area contributed by atoms with E-state index in [9.17, 15) is 9.90 Å². The first-order valence-corrected chi connectivity index (χ1v) is 11.8. The molecule has 0 heterocycles. The second-order valence-electron chi connectivity index (χ2n) is 8.97. The number of methoxy groups -OCH3 is 1. The van der Waals surface area contributed by atoms with Crippen LogP contribution in [-0.2, 0) is 15.1 Å². The predicted octanol–water partition coefficient (Wildman–Crippen LogP) is 4.67. The van der Waals surface area contributed by atoms with Gasteiger partial charge in [0.2, 0.25) is 0 Å². The topological polar surface area (TPSA) is 55.8 Å². The third kappa shape index (κ3) is 5.76. The molecule has 0 aliphatic heterocycles. The van der Waals surface area contributed by atoms with Gasteiger partial charge in [-0.25, -0.2) is 4.79 Å². The first-order valence-electron chi connectivity index (χ1n) is 11.8. The van der Waals surface area contributed by atoms with Crippen LogP contribution in [0, 0.1) is 17.8 Å². The summed E-state index contributed by atoms with van der Waals surface area (Å²) in [5.74, 6) is 6.23. The number of rotatable bonds is 8. The maximum atomic E-state index is 13.1. The van der Waals surface area contributed by atoms with Gasteiger partial charge >= 0.3 is 5.97 Å². The molecule has 2 atom stereocenters. The number of quaternary nitrogens is 1. The van der Waals surface area contributed by atoms with E-state index in [1.165, 1.54) is 0 Å². The van der Waals surface area contributed by atoms with Gasteiger partial charge < -0.3 is 14.6 Å². The van der Waals surface area contributed by atoms with Crippen molar-refractivity contribution in [1.82, 2.24) is 4.48 Å². The van der Waals surface area contributed by atoms with Gasteiger partial charge in [-0.3, -0.25) is 4.48 Å². The monoisotopic (exact) mass is 450 g/mol. The van der Waals surface area contributed by atoms with E-state index in [2.05, 4.69) is 25.8 Å². The fourth-order valence-corrected chi connectivity index (χ4v) is 4.55. The lowest BCUT2D eigenvalue weighted by atomic mass is 9.73. The molecule has 0 amide bonds. The number of esters is 1. The Hall–Kier alpha value is -2.81. The summed E-state index contributed by atoms with van der Waals surface area (Å²) in [6.07, 6.45) is 4.82. The molecule has 0 spiro atoms. The second-order valence-corrected chi connectivity index (χ2v) is 8.97. The van der Waals surface area contributed by atoms with E-state index in [1.54, 1.807) is 19.2 Å². The summed E-state index contributed by atoms with van der Waals surface area (Å²) < 4.78 is 11.4. The van der Waals surface area contributed by atoms with Crippen LogP contribution in [0.1, 0.15) is 44.6 Å². The molecule has 33 heavy (non-hydrogen) atoms. The van der Waals surface area contributed by atoms with Gasteiger partial charge in [0.05, 0.1) is 20.7 Å². The Kier molecular flexibility index (Phi) is 8.55. The highest BCUT2D eigenvalue weighted by Crippen LogP contribution is 2.40. The molecule has 0 bridgehead atoms. The predicted molar refractivity (Wildman–Crippen MR) is 132 cm³/mol. The Balaban J connectivity index is 1.66. The van der Waals surface area contributed by atoms with Gasteiger partial charge in [0, 0.05) is 18.1 Å². The highest BCUT2D eigenvalue weighted by atomic mass is 16.5. The Bertz CT molecular complexity index is 957. The lowest BCUT2D eigenvalue weighted by Crippen LogP contribution is -2.45. The van der Waals surface area contributed by atoms with Crippen LogP contribution in [0.25, 0.3) is 0 Å². The zero-order valence-corrected chi connectivity index (χ0v) is 20.0. The molecule has 1 aliphatic carbocycles. The highest BCUT2D eigenvalue weighted by Gasteiger charge is 2.47. The molecule has 0 saturated heterocycles. The zero-order valence-electron chi connectivity index (χ0n) is 20.0. The average Bonchev–Trinajstić information content (AvgIpc) is 2.88. The first kappa shape index (κ1) is 24.8. The highest BCUT2D eigenvalue weighted by molar-refractivity contribution is 5.81. The Morgan fingerprint density at radius 1 is 1.06 bits per heavy atom. The van der Waals surface area contributed by atoms with Crippen LogP contribution in [0.15, 0.2) is 54.6 Å². The largest absolute Gasteiger partial charge is 0.497 e. The van der Waals surface area contributed by atoms with Crippen LogP contribution in [0.2, 0.25) is 0 Å². The van der Waals surface area contributed by atoms with E-state index in [4.69, 9.17) is 9.47 Å². The van der Waals surface area contributed by atoms with Crippen molar-refractivity contribution in [3.63, 3.8) is 0 Å². The van der Waals surface area contributed by atoms with Crippen molar-refractivity contribution in [3.8, 4) is 17.6 Å². The summed E-state index contributed by atoms with van der Waals surface area (Å²) in [5, 5.41) is 11.6. The lowest BCUT2D eigenvalue weighted by Gasteiger charge is -2.36. The standard InChI is InChI=1S/C28H36NO4/c1-4-29(2,25-17-19-26(32-3)20-18-25)21-11-12-22-33-27(30)28(31,23-13-7-5-8-14-23)24-15-9-6-10-16-24/h5,7-8,13-14,17-20,24,31H,4,6,9-10,15-16,21-22H2,1-3H3/q+1. The maximum Gasteiger partial charge on any atom is 0.344 e. The Morgan fingerprint density at radius 2 is 1.73 bits per heavy atom. The van der Waals surface area contributed by atoms with Crippen LogP contribution < -0.4 is 9.22 Å². The van der Waals surface area contributed by atoms with Crippen LogP contribution >= 0.6 is 0 Å². The molecule has 1 aliphatic rings. The van der Waals surface area contributed by atoms with E-state index < -0.39 is 11.6 Å². The molecular weight excluding hydrogens is 414 g/mol. The van der Waals surface area contributed by atoms with E-state index in [1.807, 2.05) is 42.5 Å². The van der Waals surface area contributed by atoms with E-state index in [-0.39, 0.29) is 12.5 Å². The molecule has 0 radical (unpaired) electrons. The van der Waals surface area contributed by atoms with Crippen LogP contribution in [-0.4, -0.2) is 44.9 Å². The number of carbonyl (C=O) groups excluding carboxylic acids is 1. The molecule has 1 fully saturated rings. The minimum Gasteiger partial charge on any atom is -0.497 e. The molecule has 2 aromatic carbocycles. The van der Waals surface area contributed by atoms with Gasteiger partial charge in [-0.1, -0.05) is 55.5 Å². The molecule has 176 valence electrons. The molecule has 1 N–H and O–H groups in total. The van der Waals surface area contributed by atoms with Crippen LogP contribution in [0.5, 0.6) is 5.75 Å². The zero-order chi connectivity index (χ0) is 23.7. The van der Waals surface area contributed by atoms with Crippen molar-refractivity contribution in [2.45, 2.75) is 44.6 Å². The average molecular weight is 451 g/mol. The van der Waals surface area contributed by atoms with Crippen molar-refractivity contribution in [2.24, 2.45) is 5.92 Å². The van der Waals surface area contributed by atoms with Crippen molar-refractivity contribution < 1.29 is 19.4 Å². The maximum absolute atomic E-state index is 13.1. The van der Waals surface area contributed by atoms with E-state index >= 15 is 0 Å². The number of carbonyl (C=O) groups is 1. The molecule has 3 rings (SSSR count). The molecule has 5 nitrogen and oxygen atoms in total. The number of nitrogens with zero attached hydrogens (tertiary/aromatic N) is 1. The summed E-state index contributed by atoms with van der Waals surface area (Å²) >= 11 is 0. The quantitative estimate of drug-likeness (QED) is 0.361. The van der Waals surface area contributed by atoms with Crippen molar-refractivity contribution in [3.05, 3.63) is 60.2 Å². The van der Waals surface area contributed by atoms with Gasteiger partial charge in [0.15, 0.2) is 12.2 Å². The minimum absolute atomic E-state index is 0.0347. The number of benzene rings is 2. The number of hydrogen-bond acceptors (Lipinski definition) is 4. The molecule has 2 aromatic rings. The third-order valence-electron chi connectivity index (χ3n) is 6.94. The van der Waals surface area contributed by atoms with Gasteiger partial charge in [-0.2, -0.15) is 0 Å². The summed E-state index contributed by atoms with van der Waals surface area (Å²) in [4.78, 5) is 13.1. The summed E-state index contributed by atoms with van der Waals surface area (Å²) in [5.41, 5.74) is 0.116. The SMILES string of the molecule is CC[N+](C)(CC#CCOC(=O)C(O)(c1ccccc1)C1CCCCC1)c1ccc(OC)cc1. The van der Waals surface area contributed by atoms with Gasteiger partial charge in [-0.05, 0) is 43.4 Å². The fourth-order valence-electron chi connectivity index (χ4n) is 4.55. The second kappa shape index (κ2) is 11.4. The number of ether oxygens (including phenoxy) is 2. The molecular formula is C28H36NO4+. The third-order valence-corrected chi connectivity index (χ3v) is 6.94.